The largest absolute Gasteiger partial charge is 0.496 e. The van der Waals surface area contributed by atoms with Crippen LogP contribution in [0.1, 0.15) is 29.2 Å². The van der Waals surface area contributed by atoms with Gasteiger partial charge in [0.15, 0.2) is 0 Å². The van der Waals surface area contributed by atoms with Gasteiger partial charge in [0.05, 0.1) is 12.1 Å². The Morgan fingerprint density at radius 2 is 1.85 bits per heavy atom. The Bertz CT molecular complexity index is 857. The molecule has 0 aliphatic heterocycles. The van der Waals surface area contributed by atoms with Crippen LogP contribution in [0.15, 0.2) is 42.5 Å². The highest BCUT2D eigenvalue weighted by Gasteiger charge is 2.10. The number of halogens is 1. The van der Waals surface area contributed by atoms with E-state index in [9.17, 15) is 4.39 Å². The van der Waals surface area contributed by atoms with Crippen molar-refractivity contribution < 1.29 is 9.13 Å². The fraction of sp³-hybridized carbons (Fsp3) is 0.238. The molecular formula is C21H23FN2OS. The van der Waals surface area contributed by atoms with E-state index < -0.39 is 0 Å². The highest BCUT2D eigenvalue weighted by Crippen LogP contribution is 2.24. The summed E-state index contributed by atoms with van der Waals surface area (Å²) in [6.07, 6.45) is 1.75. The van der Waals surface area contributed by atoms with Gasteiger partial charge in [0.1, 0.15) is 11.6 Å². The number of ether oxygens (including phenoxy) is 1. The van der Waals surface area contributed by atoms with Crippen LogP contribution in [0.25, 0.3) is 5.57 Å². The molecular weight excluding hydrogens is 347 g/mol. The molecule has 2 rings (SSSR count). The van der Waals surface area contributed by atoms with Gasteiger partial charge < -0.3 is 15.5 Å². The van der Waals surface area contributed by atoms with Gasteiger partial charge in [0, 0.05) is 17.8 Å². The van der Waals surface area contributed by atoms with Crippen molar-refractivity contribution in [1.29, 1.82) is 5.41 Å². The molecule has 0 radical (unpaired) electrons. The lowest BCUT2D eigenvalue weighted by Crippen LogP contribution is -2.21. The van der Waals surface area contributed by atoms with E-state index >= 15 is 0 Å². The molecule has 0 aromatic heterocycles. The maximum Gasteiger partial charge on any atom is 0.123 e. The summed E-state index contributed by atoms with van der Waals surface area (Å²) in [5, 5.41) is 11.2. The van der Waals surface area contributed by atoms with Crippen molar-refractivity contribution >= 4 is 28.5 Å². The molecule has 26 heavy (non-hydrogen) atoms. The topological polar surface area (TPSA) is 45.1 Å². The normalized spacial score (nSPS) is 11.2. The first-order chi connectivity index (χ1) is 12.3. The van der Waals surface area contributed by atoms with Gasteiger partial charge in [-0.15, -0.1) is 0 Å². The predicted octanol–water partition coefficient (Wildman–Crippen LogP) is 4.99. The van der Waals surface area contributed by atoms with Crippen LogP contribution in [0.5, 0.6) is 5.75 Å². The van der Waals surface area contributed by atoms with E-state index in [4.69, 9.17) is 22.4 Å². The quantitative estimate of drug-likeness (QED) is 0.428. The van der Waals surface area contributed by atoms with Gasteiger partial charge in [0.25, 0.3) is 0 Å². The maximum atomic E-state index is 13.1. The predicted molar refractivity (Wildman–Crippen MR) is 110 cm³/mol. The zero-order valence-electron chi connectivity index (χ0n) is 15.4. The Balaban J connectivity index is 2.20. The van der Waals surface area contributed by atoms with E-state index in [1.165, 1.54) is 12.1 Å². The monoisotopic (exact) mass is 370 g/mol. The molecule has 0 atom stereocenters. The van der Waals surface area contributed by atoms with Crippen LogP contribution in [-0.4, -0.2) is 17.8 Å². The van der Waals surface area contributed by atoms with Crippen LogP contribution in [0.2, 0.25) is 0 Å². The first-order valence-corrected chi connectivity index (χ1v) is 8.68. The molecule has 0 saturated heterocycles. The van der Waals surface area contributed by atoms with Crippen molar-refractivity contribution in [3.8, 4) is 5.75 Å². The number of hydrogen-bond donors (Lipinski definition) is 2. The van der Waals surface area contributed by atoms with Gasteiger partial charge in [-0.3, -0.25) is 0 Å². The summed E-state index contributed by atoms with van der Waals surface area (Å²) in [5.74, 6) is 0.539. The van der Waals surface area contributed by atoms with Gasteiger partial charge >= 0.3 is 0 Å². The van der Waals surface area contributed by atoms with Crippen LogP contribution in [-0.2, 0) is 6.54 Å². The molecule has 0 saturated carbocycles. The molecule has 2 aromatic carbocycles. The molecule has 2 N–H and O–H groups in total. The molecule has 0 unspecified atom stereocenters. The molecule has 0 amide bonds. The summed E-state index contributed by atoms with van der Waals surface area (Å²) >= 11 is 5.43. The van der Waals surface area contributed by atoms with E-state index in [2.05, 4.69) is 5.32 Å². The minimum atomic E-state index is -0.305. The zero-order chi connectivity index (χ0) is 19.3. The minimum absolute atomic E-state index is 0.305. The Morgan fingerprint density at radius 3 is 2.42 bits per heavy atom. The lowest BCUT2D eigenvalue weighted by Gasteiger charge is -2.15. The van der Waals surface area contributed by atoms with E-state index in [1.54, 1.807) is 32.2 Å². The molecule has 0 fully saturated rings. The molecule has 3 nitrogen and oxygen atoms in total. The van der Waals surface area contributed by atoms with Gasteiger partial charge in [-0.1, -0.05) is 30.4 Å². The number of benzene rings is 2. The molecule has 0 heterocycles. The van der Waals surface area contributed by atoms with Crippen LogP contribution in [0.3, 0.4) is 0 Å². The van der Waals surface area contributed by atoms with Crippen molar-refractivity contribution in [1.82, 2.24) is 5.32 Å². The number of rotatable bonds is 6. The number of aryl methyl sites for hydroxylation is 1. The van der Waals surface area contributed by atoms with Crippen molar-refractivity contribution in [2.45, 2.75) is 27.3 Å². The van der Waals surface area contributed by atoms with Gasteiger partial charge in [0.2, 0.25) is 0 Å². The van der Waals surface area contributed by atoms with Crippen LogP contribution < -0.4 is 10.1 Å². The summed E-state index contributed by atoms with van der Waals surface area (Å²) in [4.78, 5) is 0.526. The average Bonchev–Trinajstić information content (AvgIpc) is 2.60. The van der Waals surface area contributed by atoms with Gasteiger partial charge in [-0.2, -0.15) is 0 Å². The molecule has 0 bridgehead atoms. The van der Waals surface area contributed by atoms with Crippen molar-refractivity contribution in [2.24, 2.45) is 0 Å². The van der Waals surface area contributed by atoms with Crippen LogP contribution >= 0.6 is 12.2 Å². The Labute approximate surface area is 159 Å². The first kappa shape index (κ1) is 19.8. The summed E-state index contributed by atoms with van der Waals surface area (Å²) in [7, 11) is 1.66. The van der Waals surface area contributed by atoms with E-state index in [0.717, 1.165) is 28.0 Å². The minimum Gasteiger partial charge on any atom is -0.496 e. The van der Waals surface area contributed by atoms with Crippen molar-refractivity contribution in [2.75, 3.05) is 7.11 Å². The summed E-state index contributed by atoms with van der Waals surface area (Å²) < 4.78 is 18.5. The molecule has 0 aliphatic carbocycles. The molecule has 0 aliphatic rings. The van der Waals surface area contributed by atoms with Crippen LogP contribution in [0.4, 0.5) is 4.39 Å². The summed E-state index contributed by atoms with van der Waals surface area (Å²) in [5.41, 5.74) is 5.17. The maximum absolute atomic E-state index is 13.1. The molecule has 2 aromatic rings. The van der Waals surface area contributed by atoms with Crippen molar-refractivity contribution in [3.63, 3.8) is 0 Å². The third kappa shape index (κ3) is 4.76. The highest BCUT2D eigenvalue weighted by atomic mass is 32.1. The van der Waals surface area contributed by atoms with E-state index in [1.807, 2.05) is 26.0 Å². The third-order valence-electron chi connectivity index (χ3n) is 4.28. The standard InChI is InChI=1S/C21H23FN2OS/c1-13-5-10-20(25-4)14(2)19(13)12-24-21(26)11-18(15(3)23)16-6-8-17(22)9-7-16/h5-11,23H,12H2,1-4H3,(H,24,26)/b18-11+,23-15?. The smallest absolute Gasteiger partial charge is 0.123 e. The Hall–Kier alpha value is -2.53. The van der Waals surface area contributed by atoms with Crippen LogP contribution in [0, 0.1) is 25.1 Å². The SMILES string of the molecule is COc1ccc(C)c(CNC(=S)/C=C(\C(C)=N)c2ccc(F)cc2)c1C. The Morgan fingerprint density at radius 1 is 1.19 bits per heavy atom. The summed E-state index contributed by atoms with van der Waals surface area (Å²) in [6, 6.07) is 10.0. The lowest BCUT2D eigenvalue weighted by molar-refractivity contribution is 0.411. The second-order valence-corrected chi connectivity index (χ2v) is 6.54. The second-order valence-electron chi connectivity index (χ2n) is 6.10. The number of nitrogens with one attached hydrogen (secondary N) is 2. The lowest BCUT2D eigenvalue weighted by atomic mass is 10.0. The second kappa shape index (κ2) is 8.72. The van der Waals surface area contributed by atoms with Gasteiger partial charge in [-0.05, 0) is 67.3 Å². The first-order valence-electron chi connectivity index (χ1n) is 8.27. The fourth-order valence-corrected chi connectivity index (χ4v) is 2.95. The fourth-order valence-electron chi connectivity index (χ4n) is 2.76. The van der Waals surface area contributed by atoms with E-state index in [-0.39, 0.29) is 5.82 Å². The zero-order valence-corrected chi connectivity index (χ0v) is 16.3. The van der Waals surface area contributed by atoms with Crippen molar-refractivity contribution in [3.05, 3.63) is 70.5 Å². The van der Waals surface area contributed by atoms with Gasteiger partial charge in [-0.25, -0.2) is 4.39 Å². The highest BCUT2D eigenvalue weighted by molar-refractivity contribution is 7.80. The Kier molecular flexibility index (Phi) is 6.64. The molecule has 0 spiro atoms. The average molecular weight is 370 g/mol. The molecule has 5 heteroatoms. The number of thiocarbonyl (C=S) groups is 1. The van der Waals surface area contributed by atoms with E-state index in [0.29, 0.717) is 22.8 Å². The number of allylic oxidation sites excluding steroid dienone is 1. The number of hydrogen-bond acceptors (Lipinski definition) is 3. The summed E-state index contributed by atoms with van der Waals surface area (Å²) in [6.45, 7) is 6.33. The number of methoxy groups -OCH3 is 1. The molecule has 136 valence electrons. The third-order valence-corrected chi connectivity index (χ3v) is 4.54.